The lowest BCUT2D eigenvalue weighted by Crippen LogP contribution is -2.45. The zero-order chi connectivity index (χ0) is 22.0. The molecule has 1 aliphatic heterocycles. The monoisotopic (exact) mass is 440 g/mol. The van der Waals surface area contributed by atoms with Crippen molar-refractivity contribution in [3.05, 3.63) is 51.4 Å². The Balaban J connectivity index is 1.29. The molecule has 1 N–H and O–H groups in total. The summed E-state index contributed by atoms with van der Waals surface area (Å²) >= 11 is 1.54. The molecular formula is C23H28N4O3S. The van der Waals surface area contributed by atoms with Crippen LogP contribution >= 0.6 is 11.3 Å². The van der Waals surface area contributed by atoms with Gasteiger partial charge in [-0.25, -0.2) is 4.98 Å². The standard InChI is InChI=1S/C23H28N4O3S/c1-15-16(2)31-22-21(15)23(29)27(14-24-22)13-10-20(28)25-17-8-11-26(12-9-17)18-4-6-19(30-3)7-5-18/h4-7,14,17H,8-13H2,1-3H3,(H,25,28). The van der Waals surface area contributed by atoms with Gasteiger partial charge in [0.2, 0.25) is 5.91 Å². The lowest BCUT2D eigenvalue weighted by atomic mass is 10.0. The van der Waals surface area contributed by atoms with Crippen LogP contribution in [0.3, 0.4) is 0 Å². The van der Waals surface area contributed by atoms with Crippen molar-refractivity contribution in [3.8, 4) is 5.75 Å². The second-order valence-electron chi connectivity index (χ2n) is 7.98. The molecule has 7 nitrogen and oxygen atoms in total. The number of fused-ring (bicyclic) bond motifs is 1. The highest BCUT2D eigenvalue weighted by Gasteiger charge is 2.21. The van der Waals surface area contributed by atoms with E-state index in [-0.39, 0.29) is 23.9 Å². The third kappa shape index (κ3) is 4.58. The van der Waals surface area contributed by atoms with Crippen molar-refractivity contribution in [1.82, 2.24) is 14.9 Å². The average Bonchev–Trinajstić information content (AvgIpc) is 3.08. The first-order valence-corrected chi connectivity index (χ1v) is 11.4. The Hall–Kier alpha value is -2.87. The summed E-state index contributed by atoms with van der Waals surface area (Å²) in [5.74, 6) is 0.830. The van der Waals surface area contributed by atoms with E-state index < -0.39 is 0 Å². The first kappa shape index (κ1) is 21.4. The SMILES string of the molecule is COc1ccc(N2CCC(NC(=O)CCn3cnc4sc(C)c(C)c4c3=O)CC2)cc1. The Kier molecular flexibility index (Phi) is 6.27. The molecule has 1 saturated heterocycles. The van der Waals surface area contributed by atoms with Crippen molar-refractivity contribution in [2.45, 2.75) is 45.7 Å². The number of piperidine rings is 1. The molecule has 0 spiro atoms. The van der Waals surface area contributed by atoms with Crippen molar-refractivity contribution < 1.29 is 9.53 Å². The van der Waals surface area contributed by atoms with Crippen LogP contribution in [0.2, 0.25) is 0 Å². The number of nitrogens with one attached hydrogen (secondary N) is 1. The highest BCUT2D eigenvalue weighted by molar-refractivity contribution is 7.18. The summed E-state index contributed by atoms with van der Waals surface area (Å²) in [5, 5.41) is 3.81. The lowest BCUT2D eigenvalue weighted by Gasteiger charge is -2.34. The van der Waals surface area contributed by atoms with Gasteiger partial charge < -0.3 is 15.0 Å². The van der Waals surface area contributed by atoms with E-state index in [9.17, 15) is 9.59 Å². The minimum atomic E-state index is -0.0625. The predicted molar refractivity (Wildman–Crippen MR) is 124 cm³/mol. The van der Waals surface area contributed by atoms with Gasteiger partial charge in [0.15, 0.2) is 0 Å². The second-order valence-corrected chi connectivity index (χ2v) is 9.19. The molecule has 1 amide bonds. The highest BCUT2D eigenvalue weighted by atomic mass is 32.1. The van der Waals surface area contributed by atoms with Crippen LogP contribution in [0.15, 0.2) is 35.4 Å². The molecule has 3 aromatic rings. The van der Waals surface area contributed by atoms with Crippen molar-refractivity contribution in [2.75, 3.05) is 25.1 Å². The summed E-state index contributed by atoms with van der Waals surface area (Å²) < 4.78 is 6.77. The Bertz CT molecular complexity index is 1130. The molecule has 4 rings (SSSR count). The van der Waals surface area contributed by atoms with Gasteiger partial charge in [0.25, 0.3) is 5.56 Å². The molecule has 31 heavy (non-hydrogen) atoms. The number of amides is 1. The van der Waals surface area contributed by atoms with E-state index in [0.29, 0.717) is 11.9 Å². The van der Waals surface area contributed by atoms with Gasteiger partial charge in [-0.2, -0.15) is 0 Å². The number of anilines is 1. The molecule has 0 saturated carbocycles. The first-order valence-electron chi connectivity index (χ1n) is 10.6. The van der Waals surface area contributed by atoms with E-state index in [0.717, 1.165) is 47.0 Å². The fourth-order valence-electron chi connectivity index (χ4n) is 4.03. The molecule has 2 aromatic heterocycles. The van der Waals surface area contributed by atoms with Crippen LogP contribution in [0, 0.1) is 13.8 Å². The number of carbonyl (C=O) groups excluding carboxylic acids is 1. The smallest absolute Gasteiger partial charge is 0.262 e. The molecule has 164 valence electrons. The fourth-order valence-corrected chi connectivity index (χ4v) is 5.01. The average molecular weight is 441 g/mol. The number of aromatic nitrogens is 2. The van der Waals surface area contributed by atoms with E-state index in [1.54, 1.807) is 18.0 Å². The summed E-state index contributed by atoms with van der Waals surface area (Å²) in [6.07, 6.45) is 3.63. The van der Waals surface area contributed by atoms with Gasteiger partial charge in [-0.05, 0) is 56.5 Å². The van der Waals surface area contributed by atoms with Gasteiger partial charge in [0.05, 0.1) is 18.8 Å². The molecule has 0 atom stereocenters. The van der Waals surface area contributed by atoms with Crippen LogP contribution in [0.1, 0.15) is 29.7 Å². The van der Waals surface area contributed by atoms with Crippen molar-refractivity contribution in [3.63, 3.8) is 0 Å². The van der Waals surface area contributed by atoms with Crippen LogP contribution in [-0.4, -0.2) is 41.7 Å². The quantitative estimate of drug-likeness (QED) is 0.637. The third-order valence-electron chi connectivity index (χ3n) is 6.03. The zero-order valence-electron chi connectivity index (χ0n) is 18.2. The first-order chi connectivity index (χ1) is 15.0. The number of aryl methyl sites for hydroxylation is 3. The highest BCUT2D eigenvalue weighted by Crippen LogP contribution is 2.25. The largest absolute Gasteiger partial charge is 0.497 e. The van der Waals surface area contributed by atoms with E-state index >= 15 is 0 Å². The van der Waals surface area contributed by atoms with Gasteiger partial charge in [-0.1, -0.05) is 0 Å². The number of carbonyl (C=O) groups is 1. The van der Waals surface area contributed by atoms with Crippen LogP contribution < -0.4 is 20.5 Å². The number of benzene rings is 1. The molecule has 0 unspecified atom stereocenters. The number of hydrogen-bond donors (Lipinski definition) is 1. The van der Waals surface area contributed by atoms with Crippen LogP contribution in [0.25, 0.3) is 10.2 Å². The minimum absolute atomic E-state index is 0.0203. The number of hydrogen-bond acceptors (Lipinski definition) is 6. The van der Waals surface area contributed by atoms with Crippen LogP contribution in [-0.2, 0) is 11.3 Å². The summed E-state index contributed by atoms with van der Waals surface area (Å²) in [4.78, 5) is 33.8. The third-order valence-corrected chi connectivity index (χ3v) is 7.15. The number of nitrogens with zero attached hydrogens (tertiary/aromatic N) is 3. The molecular weight excluding hydrogens is 412 g/mol. The van der Waals surface area contributed by atoms with Gasteiger partial charge in [0, 0.05) is 42.7 Å². The number of thiophene rings is 1. The normalized spacial score (nSPS) is 14.7. The minimum Gasteiger partial charge on any atom is -0.497 e. The van der Waals surface area contributed by atoms with E-state index in [1.165, 1.54) is 17.0 Å². The number of rotatable bonds is 6. The summed E-state index contributed by atoms with van der Waals surface area (Å²) in [5.41, 5.74) is 2.10. The van der Waals surface area contributed by atoms with Crippen molar-refractivity contribution >= 4 is 33.1 Å². The Labute approximate surface area is 185 Å². The van der Waals surface area contributed by atoms with Gasteiger partial charge in [0.1, 0.15) is 10.6 Å². The second kappa shape index (κ2) is 9.09. The summed E-state index contributed by atoms with van der Waals surface area (Å²) in [6.45, 7) is 6.08. The molecule has 0 aliphatic carbocycles. The van der Waals surface area contributed by atoms with Crippen molar-refractivity contribution in [1.29, 1.82) is 0 Å². The lowest BCUT2D eigenvalue weighted by molar-refractivity contribution is -0.122. The van der Waals surface area contributed by atoms with Gasteiger partial charge in [-0.15, -0.1) is 11.3 Å². The number of methoxy groups -OCH3 is 1. The topological polar surface area (TPSA) is 76.5 Å². The molecule has 8 heteroatoms. The Morgan fingerprint density at radius 2 is 1.94 bits per heavy atom. The maximum absolute atomic E-state index is 12.8. The molecule has 0 bridgehead atoms. The van der Waals surface area contributed by atoms with Gasteiger partial charge in [-0.3, -0.25) is 14.2 Å². The van der Waals surface area contributed by atoms with E-state index in [4.69, 9.17) is 4.74 Å². The predicted octanol–water partition coefficient (Wildman–Crippen LogP) is 3.26. The molecule has 1 fully saturated rings. The van der Waals surface area contributed by atoms with Gasteiger partial charge >= 0.3 is 0 Å². The zero-order valence-corrected chi connectivity index (χ0v) is 19.0. The summed E-state index contributed by atoms with van der Waals surface area (Å²) in [7, 11) is 1.67. The summed E-state index contributed by atoms with van der Waals surface area (Å²) in [6, 6.07) is 8.24. The molecule has 1 aromatic carbocycles. The maximum atomic E-state index is 12.8. The number of ether oxygens (including phenoxy) is 1. The Morgan fingerprint density at radius 1 is 1.23 bits per heavy atom. The van der Waals surface area contributed by atoms with E-state index in [1.807, 2.05) is 26.0 Å². The van der Waals surface area contributed by atoms with Crippen LogP contribution in [0.5, 0.6) is 5.75 Å². The van der Waals surface area contributed by atoms with Crippen LogP contribution in [0.4, 0.5) is 5.69 Å². The van der Waals surface area contributed by atoms with E-state index in [2.05, 4.69) is 27.3 Å². The molecule has 3 heterocycles. The molecule has 0 radical (unpaired) electrons. The van der Waals surface area contributed by atoms with Crippen molar-refractivity contribution in [2.24, 2.45) is 0 Å². The molecule has 1 aliphatic rings. The maximum Gasteiger partial charge on any atom is 0.262 e. The Morgan fingerprint density at radius 3 is 2.61 bits per heavy atom. The fraction of sp³-hybridized carbons (Fsp3) is 0.435.